The highest BCUT2D eigenvalue weighted by Crippen LogP contribution is 2.42. The van der Waals surface area contributed by atoms with E-state index in [2.05, 4.69) is 76.3 Å². The van der Waals surface area contributed by atoms with E-state index < -0.39 is 0 Å². The number of pyridine rings is 1. The van der Waals surface area contributed by atoms with E-state index >= 15 is 0 Å². The van der Waals surface area contributed by atoms with Gasteiger partial charge in [-0.2, -0.15) is 0 Å². The average Bonchev–Trinajstić information content (AvgIpc) is 3.50. The third-order valence-electron chi connectivity index (χ3n) is 6.69. The lowest BCUT2D eigenvalue weighted by Gasteiger charge is -2.28. The van der Waals surface area contributed by atoms with Gasteiger partial charge in [0, 0.05) is 30.3 Å². The number of hydrogen-bond acceptors (Lipinski definition) is 2. The molecule has 0 radical (unpaired) electrons. The second kappa shape index (κ2) is 7.88. The van der Waals surface area contributed by atoms with E-state index in [-0.39, 0.29) is 12.1 Å². The zero-order valence-electron chi connectivity index (χ0n) is 17.6. The summed E-state index contributed by atoms with van der Waals surface area (Å²) >= 11 is 5.85. The molecule has 30 heavy (non-hydrogen) atoms. The van der Waals surface area contributed by atoms with Gasteiger partial charge in [0.25, 0.3) is 0 Å². The van der Waals surface area contributed by atoms with E-state index in [1.807, 2.05) is 18.3 Å². The van der Waals surface area contributed by atoms with Crippen molar-refractivity contribution >= 4 is 23.0 Å². The number of benzene rings is 1. The molecule has 3 aromatic rings. The number of rotatable bonds is 4. The van der Waals surface area contributed by atoms with Gasteiger partial charge < -0.3 is 14.8 Å². The van der Waals surface area contributed by atoms with E-state index in [0.717, 1.165) is 16.5 Å². The van der Waals surface area contributed by atoms with Crippen LogP contribution in [0.4, 0.5) is 5.69 Å². The quantitative estimate of drug-likeness (QED) is 0.546. The fraction of sp³-hybridized carbons (Fsp3) is 0.360. The molecule has 1 N–H and O–H groups in total. The summed E-state index contributed by atoms with van der Waals surface area (Å²) < 4.78 is 2.41. The molecule has 1 saturated carbocycles. The molecule has 3 heterocycles. The van der Waals surface area contributed by atoms with Crippen LogP contribution in [0.3, 0.4) is 0 Å². The highest BCUT2D eigenvalue weighted by Gasteiger charge is 2.41. The van der Waals surface area contributed by atoms with E-state index in [0.29, 0.717) is 6.04 Å². The zero-order valence-corrected chi connectivity index (χ0v) is 18.4. The van der Waals surface area contributed by atoms with Crippen molar-refractivity contribution in [1.29, 1.82) is 0 Å². The number of anilines is 1. The maximum atomic E-state index is 5.85. The van der Waals surface area contributed by atoms with Crippen LogP contribution in [0.5, 0.6) is 0 Å². The Morgan fingerprint density at radius 3 is 2.60 bits per heavy atom. The molecule has 154 valence electrons. The largest absolute Gasteiger partial charge is 0.351 e. The Kier molecular flexibility index (Phi) is 5.07. The molecule has 2 aliphatic rings. The Morgan fingerprint density at radius 1 is 1.03 bits per heavy atom. The minimum atomic E-state index is 0.0136. The first-order chi connectivity index (χ1) is 14.6. The molecule has 2 aromatic heterocycles. The van der Waals surface area contributed by atoms with Crippen LogP contribution in [-0.4, -0.2) is 14.7 Å². The highest BCUT2D eigenvalue weighted by molar-refractivity contribution is 7.80. The van der Waals surface area contributed by atoms with Crippen LogP contribution in [0.1, 0.15) is 66.2 Å². The summed E-state index contributed by atoms with van der Waals surface area (Å²) in [7, 11) is 0. The molecule has 1 saturated heterocycles. The lowest BCUT2D eigenvalue weighted by molar-refractivity contribution is 0.515. The fourth-order valence-electron chi connectivity index (χ4n) is 4.88. The Labute approximate surface area is 183 Å². The number of nitrogens with one attached hydrogen (secondary N) is 1. The monoisotopic (exact) mass is 416 g/mol. The fourth-order valence-corrected chi connectivity index (χ4v) is 5.23. The first-order valence-corrected chi connectivity index (χ1v) is 11.3. The van der Waals surface area contributed by atoms with Gasteiger partial charge in [-0.05, 0) is 85.9 Å². The van der Waals surface area contributed by atoms with Crippen LogP contribution in [0, 0.1) is 13.8 Å². The Hall–Kier alpha value is -2.66. The van der Waals surface area contributed by atoms with Crippen LogP contribution in [-0.2, 0) is 0 Å². The van der Waals surface area contributed by atoms with Crippen molar-refractivity contribution in [3.05, 3.63) is 83.4 Å². The Morgan fingerprint density at radius 2 is 1.87 bits per heavy atom. The van der Waals surface area contributed by atoms with Gasteiger partial charge in [0.2, 0.25) is 0 Å². The second-order valence-electron chi connectivity index (χ2n) is 8.60. The molecule has 1 aromatic carbocycles. The van der Waals surface area contributed by atoms with Gasteiger partial charge in [-0.15, -0.1) is 0 Å². The summed E-state index contributed by atoms with van der Waals surface area (Å²) in [6, 6.07) is 15.7. The first-order valence-electron chi connectivity index (χ1n) is 10.9. The van der Waals surface area contributed by atoms with Gasteiger partial charge in [0.05, 0.1) is 17.8 Å². The third-order valence-corrected chi connectivity index (χ3v) is 7.01. The lowest BCUT2D eigenvalue weighted by atomic mass is 9.98. The predicted molar refractivity (Wildman–Crippen MR) is 126 cm³/mol. The Balaban J connectivity index is 1.58. The van der Waals surface area contributed by atoms with Gasteiger partial charge in [-0.25, -0.2) is 0 Å². The SMILES string of the molecule is Cc1ccc(N2C(=S)N[C@H](c3ccccn3)[C@H]2c2ccn(C3CCCC3)c2)cc1C. The number of aromatic nitrogens is 2. The summed E-state index contributed by atoms with van der Waals surface area (Å²) in [5.74, 6) is 0. The number of aryl methyl sites for hydroxylation is 2. The topological polar surface area (TPSA) is 33.1 Å². The standard InChI is InChI=1S/C25H28N4S/c1-17-10-11-21(15-18(17)2)29-24(19-12-14-28(16-19)20-7-3-4-8-20)23(27-25(29)30)22-9-5-6-13-26-22/h5-6,9-16,20,23-24H,3-4,7-8H2,1-2H3,(H,27,30)/t23-,24-/m1/s1. The number of nitrogens with zero attached hydrogens (tertiary/aromatic N) is 3. The summed E-state index contributed by atoms with van der Waals surface area (Å²) in [5, 5.41) is 4.32. The first kappa shape index (κ1) is 19.3. The normalized spacial score (nSPS) is 21.9. The van der Waals surface area contributed by atoms with Crippen LogP contribution < -0.4 is 10.2 Å². The molecule has 4 nitrogen and oxygen atoms in total. The van der Waals surface area contributed by atoms with Crippen LogP contribution in [0.15, 0.2) is 61.1 Å². The molecule has 1 aliphatic carbocycles. The van der Waals surface area contributed by atoms with Crippen molar-refractivity contribution in [2.75, 3.05) is 4.90 Å². The molecule has 5 rings (SSSR count). The number of thiocarbonyl (C=S) groups is 1. The molecule has 0 spiro atoms. The smallest absolute Gasteiger partial charge is 0.174 e. The van der Waals surface area contributed by atoms with Crippen LogP contribution >= 0.6 is 12.2 Å². The number of hydrogen-bond donors (Lipinski definition) is 1. The molecule has 1 aliphatic heterocycles. The van der Waals surface area contributed by atoms with E-state index in [1.165, 1.54) is 42.4 Å². The van der Waals surface area contributed by atoms with Gasteiger partial charge in [0.15, 0.2) is 5.11 Å². The van der Waals surface area contributed by atoms with E-state index in [1.54, 1.807) is 0 Å². The summed E-state index contributed by atoms with van der Waals surface area (Å²) in [6.45, 7) is 4.31. The third kappa shape index (κ3) is 3.41. The van der Waals surface area contributed by atoms with Gasteiger partial charge in [-0.1, -0.05) is 25.0 Å². The highest BCUT2D eigenvalue weighted by atomic mass is 32.1. The van der Waals surface area contributed by atoms with Crippen molar-refractivity contribution in [1.82, 2.24) is 14.9 Å². The Bertz CT molecular complexity index is 1050. The van der Waals surface area contributed by atoms with E-state index in [9.17, 15) is 0 Å². The van der Waals surface area contributed by atoms with Crippen molar-refractivity contribution in [2.45, 2.75) is 57.7 Å². The zero-order chi connectivity index (χ0) is 20.7. The van der Waals surface area contributed by atoms with Gasteiger partial charge >= 0.3 is 0 Å². The predicted octanol–water partition coefficient (Wildman–Crippen LogP) is 5.79. The lowest BCUT2D eigenvalue weighted by Crippen LogP contribution is -2.29. The summed E-state index contributed by atoms with van der Waals surface area (Å²) in [6.07, 6.45) is 11.7. The minimum absolute atomic E-state index is 0.0136. The maximum Gasteiger partial charge on any atom is 0.174 e. The van der Waals surface area contributed by atoms with Crippen LogP contribution in [0.2, 0.25) is 0 Å². The molecule has 0 amide bonds. The molecule has 0 bridgehead atoms. The molecular weight excluding hydrogens is 388 g/mol. The maximum absolute atomic E-state index is 5.85. The molecule has 5 heteroatoms. The van der Waals surface area contributed by atoms with Crippen LogP contribution in [0.25, 0.3) is 0 Å². The molecule has 2 atom stereocenters. The van der Waals surface area contributed by atoms with Gasteiger partial charge in [-0.3, -0.25) is 4.98 Å². The second-order valence-corrected chi connectivity index (χ2v) is 8.98. The van der Waals surface area contributed by atoms with Crippen molar-refractivity contribution in [3.63, 3.8) is 0 Å². The van der Waals surface area contributed by atoms with E-state index in [4.69, 9.17) is 12.2 Å². The summed E-state index contributed by atoms with van der Waals surface area (Å²) in [5.41, 5.74) is 6.00. The average molecular weight is 417 g/mol. The molecule has 2 fully saturated rings. The van der Waals surface area contributed by atoms with Crippen molar-refractivity contribution in [3.8, 4) is 0 Å². The van der Waals surface area contributed by atoms with Crippen molar-refractivity contribution < 1.29 is 0 Å². The summed E-state index contributed by atoms with van der Waals surface area (Å²) in [4.78, 5) is 6.93. The van der Waals surface area contributed by atoms with Gasteiger partial charge in [0.1, 0.15) is 0 Å². The molecule has 0 unspecified atom stereocenters. The van der Waals surface area contributed by atoms with Crippen molar-refractivity contribution in [2.24, 2.45) is 0 Å². The molecular formula is C25H28N4S. The minimum Gasteiger partial charge on any atom is -0.351 e.